The Kier molecular flexibility index (Phi) is 5.45. The van der Waals surface area contributed by atoms with Crippen LogP contribution in [0.3, 0.4) is 0 Å². The van der Waals surface area contributed by atoms with Gasteiger partial charge in [-0.3, -0.25) is 4.79 Å². The maximum Gasteiger partial charge on any atom is 0.261 e. The smallest absolute Gasteiger partial charge is 0.261 e. The summed E-state index contributed by atoms with van der Waals surface area (Å²) in [6, 6.07) is 13.7. The van der Waals surface area contributed by atoms with E-state index in [4.69, 9.17) is 9.47 Å². The summed E-state index contributed by atoms with van der Waals surface area (Å²) in [4.78, 5) is 13.0. The van der Waals surface area contributed by atoms with E-state index in [-0.39, 0.29) is 17.6 Å². The molecule has 2 aromatic rings. The Morgan fingerprint density at radius 3 is 2.70 bits per heavy atom. The maximum absolute atomic E-state index is 13.0. The highest BCUT2D eigenvalue weighted by Gasteiger charge is 2.35. The van der Waals surface area contributed by atoms with Crippen LogP contribution in [0, 0.1) is 13.8 Å². The first kappa shape index (κ1) is 19.3. The summed E-state index contributed by atoms with van der Waals surface area (Å²) in [5.74, 6) is 1.52. The second-order valence-corrected chi connectivity index (χ2v) is 7.88. The first-order valence-corrected chi connectivity index (χ1v) is 9.62. The topological polar surface area (TPSA) is 47.6 Å². The molecule has 27 heavy (non-hydrogen) atoms. The number of carbonyl (C=O) groups is 1. The minimum absolute atomic E-state index is 0.0871. The van der Waals surface area contributed by atoms with Crippen molar-refractivity contribution in [2.24, 2.45) is 0 Å². The number of aryl methyl sites for hydroxylation is 1. The molecule has 1 N–H and O–H groups in total. The summed E-state index contributed by atoms with van der Waals surface area (Å²) in [6.07, 6.45) is 0.798. The Balaban J connectivity index is 1.78. The van der Waals surface area contributed by atoms with Crippen molar-refractivity contribution in [3.63, 3.8) is 0 Å². The molecule has 0 aromatic heterocycles. The number of para-hydroxylation sites is 1. The van der Waals surface area contributed by atoms with Crippen LogP contribution < -0.4 is 14.8 Å². The predicted octanol–water partition coefficient (Wildman–Crippen LogP) is 4.88. The summed E-state index contributed by atoms with van der Waals surface area (Å²) >= 11 is 0. The monoisotopic (exact) mass is 367 g/mol. The number of amides is 1. The van der Waals surface area contributed by atoms with Gasteiger partial charge in [0.1, 0.15) is 17.1 Å². The zero-order valence-electron chi connectivity index (χ0n) is 16.8. The molecular weight excluding hydrogens is 338 g/mol. The van der Waals surface area contributed by atoms with E-state index in [1.807, 2.05) is 77.1 Å². The largest absolute Gasteiger partial charge is 0.487 e. The van der Waals surface area contributed by atoms with Gasteiger partial charge in [0.15, 0.2) is 6.10 Å². The molecule has 0 bridgehead atoms. The Hall–Kier alpha value is -2.49. The van der Waals surface area contributed by atoms with Gasteiger partial charge in [0.25, 0.3) is 5.91 Å². The van der Waals surface area contributed by atoms with Gasteiger partial charge < -0.3 is 14.8 Å². The van der Waals surface area contributed by atoms with Crippen molar-refractivity contribution in [2.75, 3.05) is 0 Å². The lowest BCUT2D eigenvalue weighted by Gasteiger charge is -2.38. The molecule has 0 saturated carbocycles. The molecule has 3 rings (SSSR count). The Labute approximate surface area is 161 Å². The third-order valence-electron chi connectivity index (χ3n) is 5.18. The molecule has 4 heteroatoms. The minimum atomic E-state index is -0.524. The van der Waals surface area contributed by atoms with E-state index >= 15 is 0 Å². The molecular formula is C23H29NO3. The highest BCUT2D eigenvalue weighted by atomic mass is 16.5. The number of ether oxygens (including phenoxy) is 2. The second kappa shape index (κ2) is 7.63. The fourth-order valence-electron chi connectivity index (χ4n) is 3.52. The zero-order chi connectivity index (χ0) is 19.6. The number of carbonyl (C=O) groups excluding carboxylic acids is 1. The van der Waals surface area contributed by atoms with Crippen molar-refractivity contribution in [1.82, 2.24) is 5.32 Å². The molecule has 1 aliphatic rings. The average Bonchev–Trinajstić information content (AvgIpc) is 2.62. The van der Waals surface area contributed by atoms with E-state index in [1.165, 1.54) is 0 Å². The number of rotatable bonds is 5. The van der Waals surface area contributed by atoms with Gasteiger partial charge in [-0.2, -0.15) is 0 Å². The number of fused-ring (bicyclic) bond motifs is 1. The number of hydrogen-bond donors (Lipinski definition) is 1. The summed E-state index contributed by atoms with van der Waals surface area (Å²) in [5, 5.41) is 3.19. The minimum Gasteiger partial charge on any atom is -0.487 e. The second-order valence-electron chi connectivity index (χ2n) is 7.88. The fourth-order valence-corrected chi connectivity index (χ4v) is 3.52. The van der Waals surface area contributed by atoms with E-state index in [0.29, 0.717) is 6.42 Å². The molecule has 1 amide bonds. The molecule has 0 spiro atoms. The molecule has 4 nitrogen and oxygen atoms in total. The van der Waals surface area contributed by atoms with Crippen LogP contribution in [0.1, 0.15) is 56.3 Å². The first-order valence-electron chi connectivity index (χ1n) is 9.62. The molecule has 2 atom stereocenters. The van der Waals surface area contributed by atoms with Crippen LogP contribution in [0.15, 0.2) is 42.5 Å². The average molecular weight is 367 g/mol. The van der Waals surface area contributed by atoms with Crippen molar-refractivity contribution >= 4 is 5.91 Å². The molecule has 0 radical (unpaired) electrons. The van der Waals surface area contributed by atoms with Gasteiger partial charge in [-0.1, -0.05) is 37.3 Å². The normalized spacial score (nSPS) is 18.8. The van der Waals surface area contributed by atoms with Crippen LogP contribution in [0.2, 0.25) is 0 Å². The highest BCUT2D eigenvalue weighted by Crippen LogP contribution is 2.39. The zero-order valence-corrected chi connectivity index (χ0v) is 16.8. The molecule has 0 saturated heterocycles. The summed E-state index contributed by atoms with van der Waals surface area (Å²) in [5.41, 5.74) is 2.91. The summed E-state index contributed by atoms with van der Waals surface area (Å²) < 4.78 is 12.1. The van der Waals surface area contributed by atoms with E-state index in [1.54, 1.807) is 0 Å². The van der Waals surface area contributed by atoms with Crippen molar-refractivity contribution in [2.45, 2.75) is 65.2 Å². The van der Waals surface area contributed by atoms with Gasteiger partial charge in [0.05, 0.1) is 6.04 Å². The lowest BCUT2D eigenvalue weighted by Crippen LogP contribution is -2.45. The Morgan fingerprint density at radius 2 is 1.96 bits per heavy atom. The van der Waals surface area contributed by atoms with Crippen molar-refractivity contribution in [3.8, 4) is 11.5 Å². The third-order valence-corrected chi connectivity index (χ3v) is 5.18. The van der Waals surface area contributed by atoms with Gasteiger partial charge >= 0.3 is 0 Å². The lowest BCUT2D eigenvalue weighted by atomic mass is 9.89. The first-order chi connectivity index (χ1) is 12.8. The molecule has 1 heterocycles. The van der Waals surface area contributed by atoms with E-state index < -0.39 is 6.10 Å². The summed E-state index contributed by atoms with van der Waals surface area (Å²) in [7, 11) is 0. The van der Waals surface area contributed by atoms with Crippen LogP contribution in [-0.4, -0.2) is 17.6 Å². The quantitative estimate of drug-likeness (QED) is 0.819. The SMILES string of the molecule is CC[C@@H](Oc1cccc(C)c1C)C(=O)N[C@@H]1CC(C)(C)Oc2ccccc21. The van der Waals surface area contributed by atoms with Gasteiger partial charge in [-0.15, -0.1) is 0 Å². The molecule has 0 fully saturated rings. The Bertz CT molecular complexity index is 828. The predicted molar refractivity (Wildman–Crippen MR) is 107 cm³/mol. The lowest BCUT2D eigenvalue weighted by molar-refractivity contribution is -0.129. The number of nitrogens with one attached hydrogen (secondary N) is 1. The standard InChI is InChI=1S/C23H29NO3/c1-6-19(26-20-13-9-10-15(2)16(20)3)22(25)24-18-14-23(4,5)27-21-12-8-7-11-17(18)21/h7-13,18-19H,6,14H2,1-5H3,(H,24,25)/t18-,19-/m1/s1. The van der Waals surface area contributed by atoms with Crippen LogP contribution in [0.4, 0.5) is 0 Å². The molecule has 144 valence electrons. The molecule has 2 aromatic carbocycles. The van der Waals surface area contributed by atoms with E-state index in [2.05, 4.69) is 5.32 Å². The van der Waals surface area contributed by atoms with Crippen molar-refractivity contribution in [3.05, 3.63) is 59.2 Å². The van der Waals surface area contributed by atoms with Crippen LogP contribution in [0.25, 0.3) is 0 Å². The van der Waals surface area contributed by atoms with Gasteiger partial charge in [0, 0.05) is 12.0 Å². The molecule has 0 aliphatic carbocycles. The third kappa shape index (κ3) is 4.26. The number of benzene rings is 2. The van der Waals surface area contributed by atoms with E-state index in [9.17, 15) is 4.79 Å². The van der Waals surface area contributed by atoms with Crippen LogP contribution in [-0.2, 0) is 4.79 Å². The molecule has 1 aliphatic heterocycles. The van der Waals surface area contributed by atoms with Crippen LogP contribution in [0.5, 0.6) is 11.5 Å². The Morgan fingerprint density at radius 1 is 1.22 bits per heavy atom. The fraction of sp³-hybridized carbons (Fsp3) is 0.435. The molecule has 0 unspecified atom stereocenters. The maximum atomic E-state index is 13.0. The van der Waals surface area contributed by atoms with E-state index in [0.717, 1.165) is 34.6 Å². The van der Waals surface area contributed by atoms with Gasteiger partial charge in [-0.25, -0.2) is 0 Å². The van der Waals surface area contributed by atoms with Crippen LogP contribution >= 0.6 is 0 Å². The van der Waals surface area contributed by atoms with Gasteiger partial charge in [0.2, 0.25) is 0 Å². The van der Waals surface area contributed by atoms with Crippen molar-refractivity contribution < 1.29 is 14.3 Å². The van der Waals surface area contributed by atoms with Gasteiger partial charge in [-0.05, 0) is 57.4 Å². The summed E-state index contributed by atoms with van der Waals surface area (Å²) in [6.45, 7) is 10.1. The highest BCUT2D eigenvalue weighted by molar-refractivity contribution is 5.81. The number of hydrogen-bond acceptors (Lipinski definition) is 3. The van der Waals surface area contributed by atoms with Crippen molar-refractivity contribution in [1.29, 1.82) is 0 Å².